The van der Waals surface area contributed by atoms with Crippen LogP contribution in [0.15, 0.2) is 30.3 Å². The number of likely N-dealkylation sites (tertiary alicyclic amines) is 1. The summed E-state index contributed by atoms with van der Waals surface area (Å²) < 4.78 is 5.78. The number of ether oxygens (including phenoxy) is 1. The molecule has 1 aliphatic heterocycles. The van der Waals surface area contributed by atoms with Crippen molar-refractivity contribution in [2.75, 3.05) is 20.1 Å². The molecule has 4 nitrogen and oxygen atoms in total. The van der Waals surface area contributed by atoms with E-state index in [1.54, 1.807) is 0 Å². The molecule has 0 bridgehead atoms. The molecule has 1 saturated heterocycles. The van der Waals surface area contributed by atoms with Crippen molar-refractivity contribution in [3.8, 4) is 5.75 Å². The lowest BCUT2D eigenvalue weighted by molar-refractivity contribution is -0.147. The molecule has 0 aromatic heterocycles. The zero-order valence-corrected chi connectivity index (χ0v) is 9.87. The number of hydrogen-bond acceptors (Lipinski definition) is 3. The maximum absolute atomic E-state index is 11.2. The number of carboxylic acids is 1. The Bertz CT molecular complexity index is 380. The van der Waals surface area contributed by atoms with E-state index in [2.05, 4.69) is 4.90 Å². The maximum atomic E-state index is 11.2. The topological polar surface area (TPSA) is 49.8 Å². The Morgan fingerprint density at radius 2 is 2.12 bits per heavy atom. The number of nitrogens with zero attached hydrogens (tertiary/aromatic N) is 1. The monoisotopic (exact) mass is 235 g/mol. The van der Waals surface area contributed by atoms with Crippen LogP contribution in [-0.4, -0.2) is 42.2 Å². The Morgan fingerprint density at radius 3 is 2.76 bits per heavy atom. The van der Waals surface area contributed by atoms with Crippen molar-refractivity contribution >= 4 is 5.97 Å². The van der Waals surface area contributed by atoms with Crippen molar-refractivity contribution in [2.45, 2.75) is 12.5 Å². The van der Waals surface area contributed by atoms with E-state index in [1.807, 2.05) is 37.4 Å². The molecule has 0 spiro atoms. The van der Waals surface area contributed by atoms with Crippen LogP contribution in [0.4, 0.5) is 0 Å². The molecule has 2 atom stereocenters. The highest BCUT2D eigenvalue weighted by Crippen LogP contribution is 2.22. The van der Waals surface area contributed by atoms with Crippen molar-refractivity contribution in [3.63, 3.8) is 0 Å². The Labute approximate surface area is 101 Å². The second kappa shape index (κ2) is 5.19. The molecular weight excluding hydrogens is 218 g/mol. The van der Waals surface area contributed by atoms with Gasteiger partial charge in [0.05, 0.1) is 5.92 Å². The van der Waals surface area contributed by atoms with Gasteiger partial charge in [-0.05, 0) is 32.1 Å². The van der Waals surface area contributed by atoms with E-state index in [9.17, 15) is 9.90 Å². The fourth-order valence-electron chi connectivity index (χ4n) is 2.15. The number of aliphatic carboxylic acids is 1. The molecule has 0 saturated carbocycles. The molecule has 1 aliphatic rings. The van der Waals surface area contributed by atoms with E-state index in [0.717, 1.165) is 12.3 Å². The number of carbonyl (C=O) groups is 1. The van der Waals surface area contributed by atoms with Gasteiger partial charge in [0, 0.05) is 6.54 Å². The lowest BCUT2D eigenvalue weighted by Crippen LogP contribution is -2.47. The lowest BCUT2D eigenvalue weighted by atomic mass is 9.94. The fraction of sp³-hybridized carbons (Fsp3) is 0.462. The van der Waals surface area contributed by atoms with Gasteiger partial charge >= 0.3 is 5.97 Å². The number of likely N-dealkylation sites (N-methyl/N-ethyl adjacent to an activating group) is 1. The van der Waals surface area contributed by atoms with Gasteiger partial charge in [0.1, 0.15) is 11.9 Å². The highest BCUT2D eigenvalue weighted by molar-refractivity contribution is 5.71. The maximum Gasteiger partial charge on any atom is 0.310 e. The van der Waals surface area contributed by atoms with Crippen molar-refractivity contribution in [2.24, 2.45) is 5.92 Å². The molecule has 0 radical (unpaired) electrons. The molecular formula is C13H17NO3. The van der Waals surface area contributed by atoms with Gasteiger partial charge in [-0.2, -0.15) is 0 Å². The summed E-state index contributed by atoms with van der Waals surface area (Å²) >= 11 is 0. The minimum Gasteiger partial charge on any atom is -0.488 e. The smallest absolute Gasteiger partial charge is 0.310 e. The predicted molar refractivity (Wildman–Crippen MR) is 64.1 cm³/mol. The standard InChI is InChI=1S/C13H17NO3/c1-14-8-7-11(13(15)16)12(9-14)17-10-5-3-2-4-6-10/h2-6,11-12H,7-9H2,1H3,(H,15,16)/t11-,12-/m0/s1. The molecule has 4 heteroatoms. The van der Waals surface area contributed by atoms with Crippen LogP contribution in [0.2, 0.25) is 0 Å². The Balaban J connectivity index is 2.08. The van der Waals surface area contributed by atoms with E-state index in [1.165, 1.54) is 0 Å². The van der Waals surface area contributed by atoms with Crippen LogP contribution in [-0.2, 0) is 4.79 Å². The van der Waals surface area contributed by atoms with Gasteiger partial charge in [-0.25, -0.2) is 0 Å². The van der Waals surface area contributed by atoms with Crippen molar-refractivity contribution < 1.29 is 14.6 Å². The summed E-state index contributed by atoms with van der Waals surface area (Å²) in [7, 11) is 1.99. The summed E-state index contributed by atoms with van der Waals surface area (Å²) in [5.74, 6) is -0.440. The number of rotatable bonds is 3. The van der Waals surface area contributed by atoms with Crippen molar-refractivity contribution in [1.82, 2.24) is 4.90 Å². The number of benzene rings is 1. The van der Waals surface area contributed by atoms with Crippen LogP contribution in [0.5, 0.6) is 5.75 Å². The number of para-hydroxylation sites is 1. The Hall–Kier alpha value is -1.55. The molecule has 0 unspecified atom stereocenters. The molecule has 2 rings (SSSR count). The minimum atomic E-state index is -0.765. The quantitative estimate of drug-likeness (QED) is 0.862. The first-order chi connectivity index (χ1) is 8.16. The van der Waals surface area contributed by atoms with Crippen LogP contribution < -0.4 is 4.74 Å². The van der Waals surface area contributed by atoms with Crippen LogP contribution in [0, 0.1) is 5.92 Å². The van der Waals surface area contributed by atoms with Gasteiger partial charge in [-0.15, -0.1) is 0 Å². The van der Waals surface area contributed by atoms with Gasteiger partial charge < -0.3 is 14.7 Å². The molecule has 0 amide bonds. The molecule has 0 aliphatic carbocycles. The summed E-state index contributed by atoms with van der Waals surface area (Å²) in [6.07, 6.45) is 0.372. The highest BCUT2D eigenvalue weighted by atomic mass is 16.5. The van der Waals surface area contributed by atoms with Crippen molar-refractivity contribution in [1.29, 1.82) is 0 Å². The minimum absolute atomic E-state index is 0.270. The van der Waals surface area contributed by atoms with E-state index in [0.29, 0.717) is 13.0 Å². The highest BCUT2D eigenvalue weighted by Gasteiger charge is 2.34. The third kappa shape index (κ3) is 2.97. The number of hydrogen-bond donors (Lipinski definition) is 1. The van der Waals surface area contributed by atoms with Crippen molar-refractivity contribution in [3.05, 3.63) is 30.3 Å². The average Bonchev–Trinajstić information content (AvgIpc) is 2.30. The molecule has 92 valence electrons. The summed E-state index contributed by atoms with van der Waals surface area (Å²) in [5.41, 5.74) is 0. The van der Waals surface area contributed by atoms with Gasteiger partial charge in [0.2, 0.25) is 0 Å². The van der Waals surface area contributed by atoms with Gasteiger partial charge in [-0.3, -0.25) is 4.79 Å². The first-order valence-corrected chi connectivity index (χ1v) is 5.80. The molecule has 1 aromatic carbocycles. The van der Waals surface area contributed by atoms with Crippen LogP contribution >= 0.6 is 0 Å². The second-order valence-corrected chi connectivity index (χ2v) is 4.47. The first-order valence-electron chi connectivity index (χ1n) is 5.80. The molecule has 1 fully saturated rings. The number of carboxylic acid groups (broad SMARTS) is 1. The normalized spacial score (nSPS) is 25.5. The zero-order valence-electron chi connectivity index (χ0n) is 9.87. The third-order valence-electron chi connectivity index (χ3n) is 3.11. The molecule has 1 aromatic rings. The Kier molecular flexibility index (Phi) is 3.64. The van der Waals surface area contributed by atoms with Crippen LogP contribution in [0.25, 0.3) is 0 Å². The van der Waals surface area contributed by atoms with Crippen LogP contribution in [0.1, 0.15) is 6.42 Å². The van der Waals surface area contributed by atoms with E-state index >= 15 is 0 Å². The lowest BCUT2D eigenvalue weighted by Gasteiger charge is -2.34. The third-order valence-corrected chi connectivity index (χ3v) is 3.11. The summed E-state index contributed by atoms with van der Waals surface area (Å²) in [6.45, 7) is 1.47. The summed E-state index contributed by atoms with van der Waals surface area (Å²) in [5, 5.41) is 9.17. The van der Waals surface area contributed by atoms with E-state index in [-0.39, 0.29) is 6.10 Å². The second-order valence-electron chi connectivity index (χ2n) is 4.47. The average molecular weight is 235 g/mol. The summed E-state index contributed by atoms with van der Waals surface area (Å²) in [6, 6.07) is 9.39. The predicted octanol–water partition coefficient (Wildman–Crippen LogP) is 1.47. The fourth-order valence-corrected chi connectivity index (χ4v) is 2.15. The van der Waals surface area contributed by atoms with E-state index < -0.39 is 11.9 Å². The SMILES string of the molecule is CN1CC[C@H](C(=O)O)[C@@H](Oc2ccccc2)C1. The molecule has 1 heterocycles. The molecule has 1 N–H and O–H groups in total. The summed E-state index contributed by atoms with van der Waals surface area (Å²) in [4.78, 5) is 13.3. The molecule has 17 heavy (non-hydrogen) atoms. The first kappa shape index (κ1) is 11.9. The van der Waals surface area contributed by atoms with Crippen LogP contribution in [0.3, 0.4) is 0 Å². The largest absolute Gasteiger partial charge is 0.488 e. The Morgan fingerprint density at radius 1 is 1.41 bits per heavy atom. The van der Waals surface area contributed by atoms with Gasteiger partial charge in [0.25, 0.3) is 0 Å². The van der Waals surface area contributed by atoms with Gasteiger partial charge in [-0.1, -0.05) is 18.2 Å². The van der Waals surface area contributed by atoms with Gasteiger partial charge in [0.15, 0.2) is 0 Å². The zero-order chi connectivity index (χ0) is 12.3. The van der Waals surface area contributed by atoms with E-state index in [4.69, 9.17) is 4.74 Å². The number of piperidine rings is 1.